The summed E-state index contributed by atoms with van der Waals surface area (Å²) in [4.78, 5) is 12.4. The number of carbonyl (C=O) groups excluding carboxylic acids is 1. The second-order valence-electron chi connectivity index (χ2n) is 6.39. The summed E-state index contributed by atoms with van der Waals surface area (Å²) in [6.07, 6.45) is 3.32. The van der Waals surface area contributed by atoms with Crippen LogP contribution in [0.4, 0.5) is 5.69 Å². The van der Waals surface area contributed by atoms with E-state index in [0.29, 0.717) is 11.4 Å². The molecule has 0 radical (unpaired) electrons. The monoisotopic (exact) mass is 420 g/mol. The summed E-state index contributed by atoms with van der Waals surface area (Å²) >= 11 is 6.15. The summed E-state index contributed by atoms with van der Waals surface area (Å²) in [5.41, 5.74) is 0.511. The largest absolute Gasteiger partial charge is 0.495 e. The van der Waals surface area contributed by atoms with Crippen LogP contribution in [0, 0.1) is 0 Å². The van der Waals surface area contributed by atoms with Crippen molar-refractivity contribution in [1.29, 1.82) is 0 Å². The third-order valence-corrected chi connectivity index (χ3v) is 6.44. The van der Waals surface area contributed by atoms with Gasteiger partial charge in [0, 0.05) is 6.04 Å². The molecule has 1 amide bonds. The molecule has 0 heterocycles. The Bertz CT molecular complexity index is 1000. The van der Waals surface area contributed by atoms with Gasteiger partial charge in [-0.05, 0) is 43.2 Å². The van der Waals surface area contributed by atoms with Crippen molar-refractivity contribution in [3.8, 4) is 5.75 Å². The number of ether oxygens (including phenoxy) is 1. The molecule has 148 valence electrons. The molecule has 0 bridgehead atoms. The molecule has 1 fully saturated rings. The molecule has 1 aliphatic carbocycles. The van der Waals surface area contributed by atoms with Gasteiger partial charge in [-0.15, -0.1) is 6.58 Å². The van der Waals surface area contributed by atoms with E-state index in [9.17, 15) is 13.2 Å². The van der Waals surface area contributed by atoms with E-state index in [-0.39, 0.29) is 34.0 Å². The molecule has 0 aromatic heterocycles. The third kappa shape index (κ3) is 4.15. The van der Waals surface area contributed by atoms with Gasteiger partial charge in [0.1, 0.15) is 5.75 Å². The zero-order chi connectivity index (χ0) is 20.3. The van der Waals surface area contributed by atoms with Crippen molar-refractivity contribution < 1.29 is 17.9 Å². The summed E-state index contributed by atoms with van der Waals surface area (Å²) < 4.78 is 33.2. The van der Waals surface area contributed by atoms with Crippen LogP contribution in [-0.4, -0.2) is 34.0 Å². The highest BCUT2D eigenvalue weighted by molar-refractivity contribution is 7.92. The van der Waals surface area contributed by atoms with Gasteiger partial charge in [0.25, 0.3) is 15.9 Å². The zero-order valence-electron chi connectivity index (χ0n) is 15.4. The van der Waals surface area contributed by atoms with Crippen LogP contribution in [0.2, 0.25) is 5.02 Å². The number of carbonyl (C=O) groups is 1. The minimum Gasteiger partial charge on any atom is -0.495 e. The predicted molar refractivity (Wildman–Crippen MR) is 110 cm³/mol. The van der Waals surface area contributed by atoms with E-state index in [1.54, 1.807) is 24.3 Å². The molecule has 1 saturated carbocycles. The van der Waals surface area contributed by atoms with Crippen molar-refractivity contribution in [2.45, 2.75) is 23.8 Å². The van der Waals surface area contributed by atoms with Gasteiger partial charge in [0.05, 0.1) is 34.8 Å². The summed E-state index contributed by atoms with van der Waals surface area (Å²) in [6, 6.07) is 11.1. The number of hydrogen-bond acceptors (Lipinski definition) is 4. The molecule has 2 aromatic rings. The second kappa shape index (κ2) is 8.24. The number of sulfonamides is 1. The molecule has 28 heavy (non-hydrogen) atoms. The normalized spacial score (nSPS) is 13.6. The molecule has 1 aliphatic rings. The maximum atomic E-state index is 13.4. The van der Waals surface area contributed by atoms with Gasteiger partial charge in [-0.25, -0.2) is 8.42 Å². The number of nitrogens with one attached hydrogen (secondary N) is 1. The number of para-hydroxylation sites is 2. The average molecular weight is 421 g/mol. The van der Waals surface area contributed by atoms with Crippen LogP contribution >= 0.6 is 11.6 Å². The first-order valence-electron chi connectivity index (χ1n) is 8.75. The van der Waals surface area contributed by atoms with Crippen LogP contribution in [0.15, 0.2) is 60.0 Å². The van der Waals surface area contributed by atoms with Crippen molar-refractivity contribution >= 4 is 33.2 Å². The van der Waals surface area contributed by atoms with Crippen molar-refractivity contribution in [2.75, 3.05) is 18.0 Å². The Morgan fingerprint density at radius 1 is 1.32 bits per heavy atom. The summed E-state index contributed by atoms with van der Waals surface area (Å²) in [7, 11) is -2.52. The Morgan fingerprint density at radius 3 is 2.68 bits per heavy atom. The van der Waals surface area contributed by atoms with Crippen molar-refractivity contribution in [2.24, 2.45) is 0 Å². The smallest absolute Gasteiger partial charge is 0.264 e. The van der Waals surface area contributed by atoms with E-state index >= 15 is 0 Å². The fourth-order valence-corrected chi connectivity index (χ4v) is 4.41. The fourth-order valence-electron chi connectivity index (χ4n) is 2.74. The summed E-state index contributed by atoms with van der Waals surface area (Å²) in [6.45, 7) is 3.69. The topological polar surface area (TPSA) is 75.7 Å². The van der Waals surface area contributed by atoms with E-state index < -0.39 is 10.0 Å². The highest BCUT2D eigenvalue weighted by Gasteiger charge is 2.29. The minimum absolute atomic E-state index is 0.0365. The molecule has 0 saturated heterocycles. The molecular formula is C20H21ClN2O4S. The van der Waals surface area contributed by atoms with Gasteiger partial charge in [-0.2, -0.15) is 0 Å². The number of nitrogens with zero attached hydrogens (tertiary/aromatic N) is 1. The molecule has 0 atom stereocenters. The van der Waals surface area contributed by atoms with Crippen molar-refractivity contribution in [3.05, 3.63) is 65.7 Å². The van der Waals surface area contributed by atoms with Gasteiger partial charge < -0.3 is 10.1 Å². The molecular weight excluding hydrogens is 400 g/mol. The van der Waals surface area contributed by atoms with Crippen LogP contribution in [-0.2, 0) is 10.0 Å². The van der Waals surface area contributed by atoms with Gasteiger partial charge in [-0.3, -0.25) is 9.10 Å². The van der Waals surface area contributed by atoms with Crippen molar-refractivity contribution in [1.82, 2.24) is 5.32 Å². The standard InChI is InChI=1S/C20H21ClN2O4S/c1-3-12-23(18-6-4-5-7-19(18)27-2)28(25,26)15-10-11-17(21)16(13-15)20(24)22-14-8-9-14/h3-7,10-11,13-14H,1,8-9,12H2,2H3,(H,22,24). The van der Waals surface area contributed by atoms with Gasteiger partial charge in [-0.1, -0.05) is 29.8 Å². The SMILES string of the molecule is C=CCN(c1ccccc1OC)S(=O)(=O)c1ccc(Cl)c(C(=O)NC2CC2)c1. The Morgan fingerprint density at radius 2 is 2.04 bits per heavy atom. The van der Waals surface area contributed by atoms with Crippen LogP contribution in [0.3, 0.4) is 0 Å². The average Bonchev–Trinajstić information content (AvgIpc) is 3.50. The second-order valence-corrected chi connectivity index (χ2v) is 8.66. The number of benzene rings is 2. The van der Waals surface area contributed by atoms with E-state index in [0.717, 1.165) is 12.8 Å². The first-order valence-corrected chi connectivity index (χ1v) is 10.6. The quantitative estimate of drug-likeness (QED) is 0.662. The maximum absolute atomic E-state index is 13.4. The first-order chi connectivity index (χ1) is 13.4. The van der Waals surface area contributed by atoms with Crippen LogP contribution in [0.5, 0.6) is 5.75 Å². The first kappa shape index (κ1) is 20.2. The number of methoxy groups -OCH3 is 1. The van der Waals surface area contributed by atoms with E-state index in [2.05, 4.69) is 11.9 Å². The minimum atomic E-state index is -3.99. The highest BCUT2D eigenvalue weighted by Crippen LogP contribution is 2.33. The Labute approximate surface area is 169 Å². The van der Waals surface area contributed by atoms with Crippen molar-refractivity contribution in [3.63, 3.8) is 0 Å². The lowest BCUT2D eigenvalue weighted by molar-refractivity contribution is 0.0951. The van der Waals surface area contributed by atoms with Gasteiger partial charge in [0.15, 0.2) is 0 Å². The number of anilines is 1. The fraction of sp³-hybridized carbons (Fsp3) is 0.250. The lowest BCUT2D eigenvalue weighted by atomic mass is 10.2. The Hall–Kier alpha value is -2.51. The Kier molecular flexibility index (Phi) is 5.96. The molecule has 0 unspecified atom stereocenters. The lowest BCUT2D eigenvalue weighted by Gasteiger charge is -2.25. The maximum Gasteiger partial charge on any atom is 0.264 e. The highest BCUT2D eigenvalue weighted by atomic mass is 35.5. The molecule has 0 spiro atoms. The predicted octanol–water partition coefficient (Wildman–Crippen LogP) is 3.62. The number of halogens is 1. The molecule has 2 aromatic carbocycles. The van der Waals surface area contributed by atoms with Crippen LogP contribution < -0.4 is 14.4 Å². The molecule has 3 rings (SSSR count). The molecule has 1 N–H and O–H groups in total. The van der Waals surface area contributed by atoms with E-state index in [4.69, 9.17) is 16.3 Å². The molecule has 0 aliphatic heterocycles. The number of amides is 1. The molecule has 8 heteroatoms. The Balaban J connectivity index is 2.04. The van der Waals surface area contributed by atoms with E-state index in [1.165, 1.54) is 35.7 Å². The third-order valence-electron chi connectivity index (χ3n) is 4.33. The van der Waals surface area contributed by atoms with Gasteiger partial charge in [0.2, 0.25) is 0 Å². The number of rotatable bonds is 8. The van der Waals surface area contributed by atoms with Crippen LogP contribution in [0.1, 0.15) is 23.2 Å². The van der Waals surface area contributed by atoms with Gasteiger partial charge >= 0.3 is 0 Å². The summed E-state index contributed by atoms with van der Waals surface area (Å²) in [5.74, 6) is 0.0331. The lowest BCUT2D eigenvalue weighted by Crippen LogP contribution is -2.32. The molecule has 6 nitrogen and oxygen atoms in total. The van der Waals surface area contributed by atoms with E-state index in [1.807, 2.05) is 0 Å². The summed E-state index contributed by atoms with van der Waals surface area (Å²) in [5, 5.41) is 3.02. The van der Waals surface area contributed by atoms with Crippen LogP contribution in [0.25, 0.3) is 0 Å². The zero-order valence-corrected chi connectivity index (χ0v) is 17.0. The number of hydrogen-bond donors (Lipinski definition) is 1.